The summed E-state index contributed by atoms with van der Waals surface area (Å²) in [6, 6.07) is 3.33. The van der Waals surface area contributed by atoms with Crippen molar-refractivity contribution in [3.63, 3.8) is 0 Å². The number of halogens is 1. The topological polar surface area (TPSA) is 102 Å². The first-order chi connectivity index (χ1) is 14.0. The molecule has 8 nitrogen and oxygen atoms in total. The summed E-state index contributed by atoms with van der Waals surface area (Å²) in [5, 5.41) is 8.11. The molecule has 1 aromatic heterocycles. The minimum Gasteiger partial charge on any atom is -0.444 e. The number of aryl methyl sites for hydroxylation is 1. The van der Waals surface area contributed by atoms with Crippen LogP contribution in [0.1, 0.15) is 51.5 Å². The third-order valence-corrected chi connectivity index (χ3v) is 5.22. The van der Waals surface area contributed by atoms with E-state index in [0.717, 1.165) is 5.52 Å². The van der Waals surface area contributed by atoms with Crippen molar-refractivity contribution in [1.82, 2.24) is 14.7 Å². The summed E-state index contributed by atoms with van der Waals surface area (Å²) >= 11 is 0. The fourth-order valence-electron chi connectivity index (χ4n) is 3.74. The molecule has 164 valence electrons. The number of aromatic nitrogens is 2. The van der Waals surface area contributed by atoms with E-state index in [2.05, 4.69) is 10.4 Å². The highest BCUT2D eigenvalue weighted by Crippen LogP contribution is 2.34. The highest BCUT2D eigenvalue weighted by atomic mass is 19.1. The van der Waals surface area contributed by atoms with Crippen LogP contribution in [-0.4, -0.2) is 51.9 Å². The van der Waals surface area contributed by atoms with Gasteiger partial charge in [-0.15, -0.1) is 0 Å². The van der Waals surface area contributed by atoms with Crippen LogP contribution >= 0.6 is 0 Å². The van der Waals surface area contributed by atoms with Crippen LogP contribution in [0.4, 0.5) is 15.0 Å². The molecule has 2 aromatic rings. The predicted molar refractivity (Wildman–Crippen MR) is 113 cm³/mol. The molecule has 0 spiro atoms. The number of piperidine rings is 1. The molecule has 0 saturated carbocycles. The number of hydrogen-bond acceptors (Lipinski definition) is 5. The number of rotatable bonds is 5. The number of nitrogens with zero attached hydrogens (tertiary/aromatic N) is 3. The molecule has 1 fully saturated rings. The second-order valence-corrected chi connectivity index (χ2v) is 8.75. The van der Waals surface area contributed by atoms with Crippen molar-refractivity contribution in [2.24, 2.45) is 12.8 Å². The molecule has 3 N–H and O–H groups in total. The molecule has 0 aliphatic carbocycles. The fraction of sp³-hybridized carbons (Fsp3) is 0.571. The molecular weight excluding hydrogens is 389 g/mol. The molecule has 2 heterocycles. The Balaban J connectivity index is 1.73. The summed E-state index contributed by atoms with van der Waals surface area (Å²) in [6.45, 7) is 6.92. The van der Waals surface area contributed by atoms with Crippen LogP contribution < -0.4 is 11.1 Å². The summed E-state index contributed by atoms with van der Waals surface area (Å²) < 4.78 is 22.1. The van der Waals surface area contributed by atoms with Gasteiger partial charge >= 0.3 is 6.09 Å². The smallest absolute Gasteiger partial charge is 0.410 e. The molecule has 1 aliphatic rings. The zero-order valence-electron chi connectivity index (χ0n) is 18.0. The van der Waals surface area contributed by atoms with Crippen molar-refractivity contribution >= 4 is 28.7 Å². The Morgan fingerprint density at radius 2 is 1.97 bits per heavy atom. The van der Waals surface area contributed by atoms with E-state index in [1.54, 1.807) is 16.6 Å². The van der Waals surface area contributed by atoms with E-state index >= 15 is 0 Å². The molecule has 0 bridgehead atoms. The predicted octanol–water partition coefficient (Wildman–Crippen LogP) is 3.11. The van der Waals surface area contributed by atoms with Gasteiger partial charge in [0.1, 0.15) is 11.4 Å². The Morgan fingerprint density at radius 1 is 1.30 bits per heavy atom. The first kappa shape index (κ1) is 21.9. The van der Waals surface area contributed by atoms with Gasteiger partial charge in [0, 0.05) is 38.5 Å². The maximum Gasteiger partial charge on any atom is 0.410 e. The number of hydrogen-bond donors (Lipinski definition) is 2. The van der Waals surface area contributed by atoms with Gasteiger partial charge in [-0.2, -0.15) is 5.10 Å². The van der Waals surface area contributed by atoms with Crippen LogP contribution in [0.25, 0.3) is 10.9 Å². The number of nitrogens with two attached hydrogens (primary N) is 1. The summed E-state index contributed by atoms with van der Waals surface area (Å²) in [4.78, 5) is 24.9. The van der Waals surface area contributed by atoms with Crippen LogP contribution in [-0.2, 0) is 16.6 Å². The minimum atomic E-state index is -0.534. The average molecular weight is 420 g/mol. The van der Waals surface area contributed by atoms with Gasteiger partial charge in [-0.25, -0.2) is 9.18 Å². The quantitative estimate of drug-likeness (QED) is 0.775. The maximum absolute atomic E-state index is 15.0. The lowest BCUT2D eigenvalue weighted by Gasteiger charge is -2.33. The number of likely N-dealkylation sites (tertiary alicyclic amines) is 1. The van der Waals surface area contributed by atoms with Crippen molar-refractivity contribution in [3.8, 4) is 0 Å². The van der Waals surface area contributed by atoms with Gasteiger partial charge in [-0.05, 0) is 57.2 Å². The van der Waals surface area contributed by atoms with E-state index in [1.165, 1.54) is 6.07 Å². The van der Waals surface area contributed by atoms with Gasteiger partial charge in [0.05, 0.1) is 5.52 Å². The van der Waals surface area contributed by atoms with Crippen molar-refractivity contribution in [1.29, 1.82) is 0 Å². The molecule has 3 rings (SSSR count). The largest absolute Gasteiger partial charge is 0.444 e. The maximum atomic E-state index is 15.0. The zero-order chi connectivity index (χ0) is 22.1. The van der Waals surface area contributed by atoms with Crippen molar-refractivity contribution in [2.75, 3.05) is 25.0 Å². The van der Waals surface area contributed by atoms with Gasteiger partial charge in [0.2, 0.25) is 5.91 Å². The third-order valence-electron chi connectivity index (χ3n) is 5.22. The Kier molecular flexibility index (Phi) is 6.19. The highest BCUT2D eigenvalue weighted by molar-refractivity contribution is 5.91. The molecule has 0 atom stereocenters. The van der Waals surface area contributed by atoms with Crippen LogP contribution in [0.3, 0.4) is 0 Å². The van der Waals surface area contributed by atoms with Gasteiger partial charge in [-0.1, -0.05) is 0 Å². The first-order valence-corrected chi connectivity index (χ1v) is 10.2. The Bertz CT molecular complexity index is 942. The number of anilines is 1. The highest BCUT2D eigenvalue weighted by Gasteiger charge is 2.29. The van der Waals surface area contributed by atoms with Crippen molar-refractivity contribution in [3.05, 3.63) is 23.5 Å². The second-order valence-electron chi connectivity index (χ2n) is 8.75. The van der Waals surface area contributed by atoms with Gasteiger partial charge in [0.15, 0.2) is 5.82 Å². The number of fused-ring (bicyclic) bond motifs is 1. The van der Waals surface area contributed by atoms with E-state index in [1.807, 2.05) is 26.8 Å². The zero-order valence-corrected chi connectivity index (χ0v) is 18.0. The Morgan fingerprint density at radius 3 is 2.57 bits per heavy atom. The fourth-order valence-corrected chi connectivity index (χ4v) is 3.74. The molecule has 1 aromatic carbocycles. The van der Waals surface area contributed by atoms with E-state index in [-0.39, 0.29) is 24.2 Å². The number of carbonyl (C=O) groups is 2. The molecule has 0 unspecified atom stereocenters. The minimum absolute atomic E-state index is 0.0225. The summed E-state index contributed by atoms with van der Waals surface area (Å²) in [5.41, 5.74) is 6.07. The molecule has 1 saturated heterocycles. The number of ether oxygens (including phenoxy) is 1. The van der Waals surface area contributed by atoms with Crippen LogP contribution in [0.5, 0.6) is 0 Å². The van der Waals surface area contributed by atoms with Crippen LogP contribution in [0.15, 0.2) is 12.1 Å². The third kappa shape index (κ3) is 5.01. The monoisotopic (exact) mass is 419 g/mol. The van der Waals surface area contributed by atoms with Crippen molar-refractivity contribution in [2.45, 2.75) is 51.6 Å². The molecule has 30 heavy (non-hydrogen) atoms. The summed E-state index contributed by atoms with van der Waals surface area (Å²) in [6.07, 6.45) is 1.19. The summed E-state index contributed by atoms with van der Waals surface area (Å²) in [5.74, 6) is -0.147. The number of nitrogens with one attached hydrogen (secondary N) is 1. The van der Waals surface area contributed by atoms with E-state index in [9.17, 15) is 14.0 Å². The van der Waals surface area contributed by atoms with E-state index in [0.29, 0.717) is 49.2 Å². The SMILES string of the molecule is Cn1nc(NCCC(N)=O)c2cc(F)c(C3CCN(C(=O)OC(C)(C)C)CC3)cc21. The normalized spacial score (nSPS) is 15.4. The second kappa shape index (κ2) is 8.49. The number of benzene rings is 1. The Hall–Kier alpha value is -2.84. The molecule has 2 amide bonds. The lowest BCUT2D eigenvalue weighted by Crippen LogP contribution is -2.41. The van der Waals surface area contributed by atoms with Crippen LogP contribution in [0, 0.1) is 5.82 Å². The molecular formula is C21H30FN5O3. The number of amides is 2. The lowest BCUT2D eigenvalue weighted by atomic mass is 9.88. The Labute approximate surface area is 175 Å². The summed E-state index contributed by atoms with van der Waals surface area (Å²) in [7, 11) is 1.80. The first-order valence-electron chi connectivity index (χ1n) is 10.2. The average Bonchev–Trinajstić information content (AvgIpc) is 2.94. The number of primary amides is 1. The molecule has 9 heteroatoms. The van der Waals surface area contributed by atoms with Gasteiger partial charge < -0.3 is 20.7 Å². The van der Waals surface area contributed by atoms with E-state index in [4.69, 9.17) is 10.5 Å². The lowest BCUT2D eigenvalue weighted by molar-refractivity contribution is -0.117. The van der Waals surface area contributed by atoms with Crippen LogP contribution in [0.2, 0.25) is 0 Å². The van der Waals surface area contributed by atoms with Gasteiger partial charge in [-0.3, -0.25) is 9.48 Å². The molecule has 0 radical (unpaired) electrons. The van der Waals surface area contributed by atoms with E-state index < -0.39 is 11.5 Å². The van der Waals surface area contributed by atoms with Gasteiger partial charge in [0.25, 0.3) is 0 Å². The van der Waals surface area contributed by atoms with Crippen molar-refractivity contribution < 1.29 is 18.7 Å². The standard InChI is InChI=1S/C21H30FN5O3/c1-21(2,3)30-20(29)27-9-6-13(7-10-27)14-12-17-15(11-16(14)22)19(25-26(17)4)24-8-5-18(23)28/h11-13H,5-10H2,1-4H3,(H2,23,28)(H,24,25). The molecule has 1 aliphatic heterocycles. The number of carbonyl (C=O) groups excluding carboxylic acids is 2.